The third kappa shape index (κ3) is 4.82. The van der Waals surface area contributed by atoms with Crippen molar-refractivity contribution >= 4 is 21.7 Å². The maximum absolute atomic E-state index is 12.8. The maximum Gasteiger partial charge on any atom is 0.337 e. The van der Waals surface area contributed by atoms with Crippen molar-refractivity contribution in [1.82, 2.24) is 4.72 Å². The molecule has 3 atom stereocenters. The standard InChI is InChI=1S/C19H20N2O8S/c1-27-19(22)18-17(28-11-13-7-3-2-4-8-13)14(12-29-18)20-30(25,26)16-10-6-5-9-15(16)21(23)24/h2-10,14,17-18,20H,11-12H2,1H3/t14-,17+,18+/m0/s1. The van der Waals surface area contributed by atoms with E-state index >= 15 is 0 Å². The Morgan fingerprint density at radius 1 is 1.20 bits per heavy atom. The van der Waals surface area contributed by atoms with Crippen LogP contribution in [-0.2, 0) is 35.6 Å². The fraction of sp³-hybridized carbons (Fsp3) is 0.316. The first-order valence-corrected chi connectivity index (χ1v) is 10.4. The van der Waals surface area contributed by atoms with Crippen LogP contribution in [0.4, 0.5) is 5.69 Å². The van der Waals surface area contributed by atoms with Gasteiger partial charge in [0, 0.05) is 6.07 Å². The van der Waals surface area contributed by atoms with Crippen LogP contribution in [0.1, 0.15) is 5.56 Å². The molecule has 0 aromatic heterocycles. The number of esters is 1. The van der Waals surface area contributed by atoms with Gasteiger partial charge in [-0.25, -0.2) is 17.9 Å². The second kappa shape index (κ2) is 9.30. The highest BCUT2D eigenvalue weighted by atomic mass is 32.2. The van der Waals surface area contributed by atoms with E-state index in [0.29, 0.717) is 0 Å². The molecule has 0 spiro atoms. The van der Waals surface area contributed by atoms with Crippen LogP contribution in [0.15, 0.2) is 59.5 Å². The van der Waals surface area contributed by atoms with Crippen molar-refractivity contribution < 1.29 is 32.3 Å². The van der Waals surface area contributed by atoms with Gasteiger partial charge in [0.15, 0.2) is 11.0 Å². The van der Waals surface area contributed by atoms with Crippen molar-refractivity contribution in [1.29, 1.82) is 0 Å². The molecule has 1 fully saturated rings. The molecule has 0 unspecified atom stereocenters. The average molecular weight is 436 g/mol. The SMILES string of the molecule is COC(=O)[C@@H]1OC[C@H](NS(=O)(=O)c2ccccc2[N+](=O)[O-])[C@H]1OCc1ccccc1. The molecule has 2 aromatic carbocycles. The summed E-state index contributed by atoms with van der Waals surface area (Å²) in [5, 5.41) is 11.2. The molecule has 11 heteroatoms. The summed E-state index contributed by atoms with van der Waals surface area (Å²) in [7, 11) is -3.11. The van der Waals surface area contributed by atoms with E-state index in [2.05, 4.69) is 4.72 Å². The van der Waals surface area contributed by atoms with Gasteiger partial charge in [-0.1, -0.05) is 42.5 Å². The van der Waals surface area contributed by atoms with Gasteiger partial charge in [0.25, 0.3) is 5.69 Å². The predicted molar refractivity (Wildman–Crippen MR) is 104 cm³/mol. The van der Waals surface area contributed by atoms with Gasteiger partial charge in [-0.15, -0.1) is 0 Å². The summed E-state index contributed by atoms with van der Waals surface area (Å²) in [4.78, 5) is 22.0. The molecule has 1 saturated heterocycles. The van der Waals surface area contributed by atoms with Crippen LogP contribution < -0.4 is 4.72 Å². The number of benzene rings is 2. The summed E-state index contributed by atoms with van der Waals surface area (Å²) in [5.41, 5.74) is 0.253. The van der Waals surface area contributed by atoms with Gasteiger partial charge < -0.3 is 14.2 Å². The zero-order valence-electron chi connectivity index (χ0n) is 16.0. The Kier molecular flexibility index (Phi) is 6.77. The number of nitro groups is 1. The Labute approximate surface area is 173 Å². The fourth-order valence-corrected chi connectivity index (χ4v) is 4.50. The van der Waals surface area contributed by atoms with Gasteiger partial charge >= 0.3 is 5.97 Å². The number of para-hydroxylation sites is 1. The molecule has 0 saturated carbocycles. The van der Waals surface area contributed by atoms with E-state index < -0.39 is 49.7 Å². The number of carbonyl (C=O) groups is 1. The Morgan fingerprint density at radius 2 is 1.87 bits per heavy atom. The van der Waals surface area contributed by atoms with Gasteiger partial charge in [-0.3, -0.25) is 10.1 Å². The highest BCUT2D eigenvalue weighted by molar-refractivity contribution is 7.89. The monoisotopic (exact) mass is 436 g/mol. The van der Waals surface area contributed by atoms with Crippen molar-refractivity contribution in [2.24, 2.45) is 0 Å². The molecular formula is C19H20N2O8S. The lowest BCUT2D eigenvalue weighted by molar-refractivity contribution is -0.387. The van der Waals surface area contributed by atoms with E-state index in [-0.39, 0.29) is 13.2 Å². The van der Waals surface area contributed by atoms with Crippen LogP contribution in [0.5, 0.6) is 0 Å². The van der Waals surface area contributed by atoms with Crippen molar-refractivity contribution in [3.05, 3.63) is 70.3 Å². The van der Waals surface area contributed by atoms with Gasteiger partial charge in [0.1, 0.15) is 6.10 Å². The molecule has 0 aliphatic carbocycles. The molecule has 160 valence electrons. The third-order valence-corrected chi connectivity index (χ3v) is 6.06. The number of hydrogen-bond donors (Lipinski definition) is 1. The zero-order valence-corrected chi connectivity index (χ0v) is 16.8. The van der Waals surface area contributed by atoms with Crippen molar-refractivity contribution in [2.45, 2.75) is 29.8 Å². The lowest BCUT2D eigenvalue weighted by atomic mass is 10.1. The lowest BCUT2D eigenvalue weighted by Gasteiger charge is -2.23. The van der Waals surface area contributed by atoms with Crippen LogP contribution in [0.3, 0.4) is 0 Å². The largest absolute Gasteiger partial charge is 0.467 e. The normalized spacial score (nSPS) is 21.3. The lowest BCUT2D eigenvalue weighted by Crippen LogP contribution is -2.47. The summed E-state index contributed by atoms with van der Waals surface area (Å²) < 4.78 is 44.0. The first-order chi connectivity index (χ1) is 14.3. The molecule has 1 aliphatic rings. The minimum Gasteiger partial charge on any atom is -0.467 e. The quantitative estimate of drug-likeness (QED) is 0.373. The van der Waals surface area contributed by atoms with E-state index in [1.807, 2.05) is 30.3 Å². The number of nitro benzene ring substituents is 1. The van der Waals surface area contributed by atoms with Crippen LogP contribution in [-0.4, -0.2) is 51.3 Å². The highest BCUT2D eigenvalue weighted by Crippen LogP contribution is 2.26. The van der Waals surface area contributed by atoms with Gasteiger partial charge in [-0.05, 0) is 11.6 Å². The molecule has 10 nitrogen and oxygen atoms in total. The van der Waals surface area contributed by atoms with Crippen molar-refractivity contribution in [3.8, 4) is 0 Å². The second-order valence-corrected chi connectivity index (χ2v) is 8.17. The highest BCUT2D eigenvalue weighted by Gasteiger charge is 2.45. The number of ether oxygens (including phenoxy) is 3. The molecule has 3 rings (SSSR count). The molecule has 2 aromatic rings. The number of sulfonamides is 1. The average Bonchev–Trinajstić information content (AvgIpc) is 3.14. The van der Waals surface area contributed by atoms with Gasteiger partial charge in [-0.2, -0.15) is 0 Å². The number of carbonyl (C=O) groups excluding carboxylic acids is 1. The minimum absolute atomic E-state index is 0.103. The number of nitrogens with one attached hydrogen (secondary N) is 1. The van der Waals surface area contributed by atoms with Crippen molar-refractivity contribution in [2.75, 3.05) is 13.7 Å². The third-order valence-electron chi connectivity index (χ3n) is 4.53. The Balaban J connectivity index is 1.83. The molecule has 1 N–H and O–H groups in total. The maximum atomic E-state index is 12.8. The van der Waals surface area contributed by atoms with E-state index in [0.717, 1.165) is 17.7 Å². The Bertz CT molecular complexity index is 1010. The molecular weight excluding hydrogens is 416 g/mol. The number of hydrogen-bond acceptors (Lipinski definition) is 8. The van der Waals surface area contributed by atoms with Crippen LogP contribution >= 0.6 is 0 Å². The summed E-state index contributed by atoms with van der Waals surface area (Å²) in [6.45, 7) is -0.0643. The molecule has 0 amide bonds. The number of rotatable bonds is 8. The molecule has 0 bridgehead atoms. The van der Waals surface area contributed by atoms with E-state index in [1.54, 1.807) is 0 Å². The van der Waals surface area contributed by atoms with Gasteiger partial charge in [0.05, 0.1) is 31.3 Å². The first-order valence-electron chi connectivity index (χ1n) is 8.94. The second-order valence-electron chi connectivity index (χ2n) is 6.49. The summed E-state index contributed by atoms with van der Waals surface area (Å²) >= 11 is 0. The van der Waals surface area contributed by atoms with E-state index in [9.17, 15) is 23.3 Å². The van der Waals surface area contributed by atoms with E-state index in [4.69, 9.17) is 14.2 Å². The summed E-state index contributed by atoms with van der Waals surface area (Å²) in [6, 6.07) is 13.1. The summed E-state index contributed by atoms with van der Waals surface area (Å²) in [5.74, 6) is -0.708. The summed E-state index contributed by atoms with van der Waals surface area (Å²) in [6.07, 6.45) is -2.13. The van der Waals surface area contributed by atoms with Gasteiger partial charge in [0.2, 0.25) is 10.0 Å². The smallest absolute Gasteiger partial charge is 0.337 e. The minimum atomic E-state index is -4.29. The molecule has 1 aliphatic heterocycles. The Morgan fingerprint density at radius 3 is 2.53 bits per heavy atom. The zero-order chi connectivity index (χ0) is 21.7. The predicted octanol–water partition coefficient (Wildman–Crippen LogP) is 1.40. The fourth-order valence-electron chi connectivity index (χ4n) is 3.10. The molecule has 30 heavy (non-hydrogen) atoms. The number of methoxy groups -OCH3 is 1. The van der Waals surface area contributed by atoms with Crippen LogP contribution in [0, 0.1) is 10.1 Å². The number of nitrogens with zero attached hydrogens (tertiary/aromatic N) is 1. The topological polar surface area (TPSA) is 134 Å². The van der Waals surface area contributed by atoms with Crippen LogP contribution in [0.2, 0.25) is 0 Å². The van der Waals surface area contributed by atoms with Crippen LogP contribution in [0.25, 0.3) is 0 Å². The van der Waals surface area contributed by atoms with E-state index in [1.165, 1.54) is 19.2 Å². The molecule has 0 radical (unpaired) electrons. The Hall–Kier alpha value is -2.86. The van der Waals surface area contributed by atoms with Crippen molar-refractivity contribution in [3.63, 3.8) is 0 Å². The first kappa shape index (κ1) is 21.8. The molecule has 1 heterocycles.